The predicted octanol–water partition coefficient (Wildman–Crippen LogP) is 5.83. The highest BCUT2D eigenvalue weighted by molar-refractivity contribution is 7.99. The molecule has 1 aliphatic carbocycles. The summed E-state index contributed by atoms with van der Waals surface area (Å²) in [4.78, 5) is 12.5. The quantitative estimate of drug-likeness (QED) is 0.375. The fourth-order valence-electron chi connectivity index (χ4n) is 3.54. The van der Waals surface area contributed by atoms with Gasteiger partial charge in [-0.15, -0.1) is 10.2 Å². The van der Waals surface area contributed by atoms with Crippen LogP contribution in [0.3, 0.4) is 0 Å². The Hall–Kier alpha value is -2.18. The van der Waals surface area contributed by atoms with Gasteiger partial charge in [0.05, 0.1) is 10.8 Å². The van der Waals surface area contributed by atoms with Crippen LogP contribution < -0.4 is 0 Å². The third-order valence-corrected chi connectivity index (χ3v) is 6.24. The van der Waals surface area contributed by atoms with Crippen molar-refractivity contribution >= 4 is 29.1 Å². The molecule has 1 aromatic heterocycles. The first-order valence-corrected chi connectivity index (χ1v) is 10.6. The molecule has 1 saturated carbocycles. The lowest BCUT2D eigenvalue weighted by Gasteiger charge is -2.17. The van der Waals surface area contributed by atoms with Gasteiger partial charge in [-0.05, 0) is 49.2 Å². The summed E-state index contributed by atoms with van der Waals surface area (Å²) in [5, 5.41) is 10.1. The number of hydrogen-bond acceptors (Lipinski definition) is 4. The molecule has 1 aliphatic rings. The van der Waals surface area contributed by atoms with E-state index in [0.717, 1.165) is 29.4 Å². The van der Waals surface area contributed by atoms with Gasteiger partial charge in [0, 0.05) is 17.2 Å². The average Bonchev–Trinajstić information content (AvgIpc) is 3.36. The minimum Gasteiger partial charge on any atom is -0.299 e. The van der Waals surface area contributed by atoms with E-state index in [0.29, 0.717) is 16.6 Å². The van der Waals surface area contributed by atoms with E-state index in [9.17, 15) is 9.18 Å². The first-order valence-electron chi connectivity index (χ1n) is 9.25. The summed E-state index contributed by atoms with van der Waals surface area (Å²) in [6, 6.07) is 13.5. The number of rotatable bonds is 6. The molecule has 1 heterocycles. The second kappa shape index (κ2) is 8.45. The normalized spacial score (nSPS) is 14.5. The van der Waals surface area contributed by atoms with Crippen LogP contribution in [0.5, 0.6) is 0 Å². The number of ketones is 1. The Balaban J connectivity index is 1.61. The molecule has 3 aromatic rings. The van der Waals surface area contributed by atoms with Crippen molar-refractivity contribution in [3.63, 3.8) is 0 Å². The number of carbonyl (C=O) groups is 1. The van der Waals surface area contributed by atoms with Gasteiger partial charge in [-0.1, -0.05) is 48.3 Å². The maximum atomic E-state index is 13.1. The molecule has 0 bridgehead atoms. The van der Waals surface area contributed by atoms with Gasteiger partial charge in [-0.25, -0.2) is 4.39 Å². The highest BCUT2D eigenvalue weighted by atomic mass is 35.5. The Morgan fingerprint density at radius 3 is 2.54 bits per heavy atom. The van der Waals surface area contributed by atoms with E-state index >= 15 is 0 Å². The average molecular weight is 416 g/mol. The van der Waals surface area contributed by atoms with Crippen LogP contribution in [-0.2, 0) is 0 Å². The molecule has 0 amide bonds. The number of halogens is 2. The van der Waals surface area contributed by atoms with Crippen molar-refractivity contribution in [2.45, 2.75) is 36.9 Å². The lowest BCUT2D eigenvalue weighted by atomic mass is 10.1. The van der Waals surface area contributed by atoms with Gasteiger partial charge < -0.3 is 0 Å². The maximum Gasteiger partial charge on any atom is 0.192 e. The summed E-state index contributed by atoms with van der Waals surface area (Å²) >= 11 is 7.76. The Morgan fingerprint density at radius 1 is 1.11 bits per heavy atom. The van der Waals surface area contributed by atoms with Crippen LogP contribution in [0.1, 0.15) is 42.1 Å². The Bertz CT molecular complexity index is 984. The summed E-state index contributed by atoms with van der Waals surface area (Å²) in [7, 11) is 0. The lowest BCUT2D eigenvalue weighted by Crippen LogP contribution is -2.10. The highest BCUT2D eigenvalue weighted by Gasteiger charge is 2.26. The molecule has 0 aliphatic heterocycles. The Kier molecular flexibility index (Phi) is 5.78. The summed E-state index contributed by atoms with van der Waals surface area (Å²) < 4.78 is 15.2. The molecule has 1 fully saturated rings. The number of Topliss-reactive ketones (excluding diaryl/α,β-unsaturated/α-hetero) is 1. The van der Waals surface area contributed by atoms with E-state index in [1.54, 1.807) is 0 Å². The van der Waals surface area contributed by atoms with Crippen LogP contribution >= 0.6 is 23.4 Å². The van der Waals surface area contributed by atoms with Crippen molar-refractivity contribution in [1.82, 2.24) is 14.8 Å². The molecular formula is C21H19ClFN3OS. The van der Waals surface area contributed by atoms with Gasteiger partial charge in [0.1, 0.15) is 5.82 Å². The van der Waals surface area contributed by atoms with Crippen LogP contribution in [0.25, 0.3) is 11.4 Å². The summed E-state index contributed by atoms with van der Waals surface area (Å²) in [5.41, 5.74) is 1.34. The smallest absolute Gasteiger partial charge is 0.192 e. The van der Waals surface area contributed by atoms with E-state index in [2.05, 4.69) is 14.8 Å². The van der Waals surface area contributed by atoms with Crippen LogP contribution in [0.15, 0.2) is 53.7 Å². The minimum atomic E-state index is -0.352. The molecule has 4 nitrogen and oxygen atoms in total. The molecule has 0 N–H and O–H groups in total. The number of thioether (sulfide) groups is 1. The molecule has 144 valence electrons. The highest BCUT2D eigenvalue weighted by Crippen LogP contribution is 2.38. The standard InChI is InChI=1S/C21H19ClFN3OS/c22-18-8-4-3-7-17(18)20-24-25-21(26(20)16-5-1-2-6-16)28-13-19(27)14-9-11-15(23)12-10-14/h3-4,7-12,16H,1-2,5-6,13H2. The van der Waals surface area contributed by atoms with Gasteiger partial charge >= 0.3 is 0 Å². The number of aromatic nitrogens is 3. The molecular weight excluding hydrogens is 397 g/mol. The molecule has 0 atom stereocenters. The van der Waals surface area contributed by atoms with Gasteiger partial charge in [0.15, 0.2) is 16.8 Å². The monoisotopic (exact) mass is 415 g/mol. The summed E-state index contributed by atoms with van der Waals surface area (Å²) in [6.45, 7) is 0. The van der Waals surface area contributed by atoms with Crippen molar-refractivity contribution in [2.75, 3.05) is 5.75 Å². The predicted molar refractivity (Wildman–Crippen MR) is 109 cm³/mol. The Labute approximate surface area is 172 Å². The zero-order chi connectivity index (χ0) is 19.5. The third kappa shape index (κ3) is 3.98. The second-order valence-electron chi connectivity index (χ2n) is 6.81. The van der Waals surface area contributed by atoms with Crippen molar-refractivity contribution in [1.29, 1.82) is 0 Å². The zero-order valence-electron chi connectivity index (χ0n) is 15.1. The lowest BCUT2D eigenvalue weighted by molar-refractivity contribution is 0.102. The van der Waals surface area contributed by atoms with E-state index in [1.165, 1.54) is 48.9 Å². The van der Waals surface area contributed by atoms with Crippen molar-refractivity contribution < 1.29 is 9.18 Å². The molecule has 0 saturated heterocycles. The molecule has 0 spiro atoms. The minimum absolute atomic E-state index is 0.0646. The van der Waals surface area contributed by atoms with Crippen LogP contribution in [0.4, 0.5) is 4.39 Å². The van der Waals surface area contributed by atoms with Gasteiger partial charge in [0.2, 0.25) is 0 Å². The summed E-state index contributed by atoms with van der Waals surface area (Å²) in [6.07, 6.45) is 4.47. The fourth-order valence-corrected chi connectivity index (χ4v) is 4.66. The number of nitrogens with zero attached hydrogens (tertiary/aromatic N) is 3. The Morgan fingerprint density at radius 2 is 1.82 bits per heavy atom. The number of benzene rings is 2. The van der Waals surface area contributed by atoms with Gasteiger partial charge in [-0.3, -0.25) is 9.36 Å². The fraction of sp³-hybridized carbons (Fsp3) is 0.286. The van der Waals surface area contributed by atoms with E-state index < -0.39 is 0 Å². The first kappa shape index (κ1) is 19.2. The van der Waals surface area contributed by atoms with E-state index in [4.69, 9.17) is 11.6 Å². The molecule has 2 aromatic carbocycles. The molecule has 0 unspecified atom stereocenters. The molecule has 28 heavy (non-hydrogen) atoms. The van der Waals surface area contributed by atoms with Gasteiger partial charge in [0.25, 0.3) is 0 Å². The van der Waals surface area contributed by atoms with Crippen molar-refractivity contribution in [2.24, 2.45) is 0 Å². The maximum absolute atomic E-state index is 13.1. The van der Waals surface area contributed by atoms with Crippen molar-refractivity contribution in [3.8, 4) is 11.4 Å². The molecule has 4 rings (SSSR count). The third-order valence-electron chi connectivity index (χ3n) is 4.97. The SMILES string of the molecule is O=C(CSc1nnc(-c2ccccc2Cl)n1C1CCCC1)c1ccc(F)cc1. The van der Waals surface area contributed by atoms with Crippen LogP contribution in [-0.4, -0.2) is 26.3 Å². The second-order valence-corrected chi connectivity index (χ2v) is 8.16. The van der Waals surface area contributed by atoms with E-state index in [1.807, 2.05) is 24.3 Å². The zero-order valence-corrected chi connectivity index (χ0v) is 16.7. The topological polar surface area (TPSA) is 47.8 Å². The number of carbonyl (C=O) groups excluding carboxylic acids is 1. The van der Waals surface area contributed by atoms with Crippen LogP contribution in [0, 0.1) is 5.82 Å². The number of hydrogen-bond donors (Lipinski definition) is 0. The van der Waals surface area contributed by atoms with Crippen LogP contribution in [0.2, 0.25) is 5.02 Å². The molecule has 7 heteroatoms. The summed E-state index contributed by atoms with van der Waals surface area (Å²) in [5.74, 6) is 0.549. The van der Waals surface area contributed by atoms with Gasteiger partial charge in [-0.2, -0.15) is 0 Å². The largest absolute Gasteiger partial charge is 0.299 e. The van der Waals surface area contributed by atoms with E-state index in [-0.39, 0.29) is 17.4 Å². The first-order chi connectivity index (χ1) is 13.6. The van der Waals surface area contributed by atoms with Crippen molar-refractivity contribution in [3.05, 3.63) is 64.9 Å². The molecule has 0 radical (unpaired) electrons.